The van der Waals surface area contributed by atoms with Crippen LogP contribution in [0.25, 0.3) is 0 Å². The van der Waals surface area contributed by atoms with E-state index in [0.717, 1.165) is 12.8 Å². The predicted octanol–water partition coefficient (Wildman–Crippen LogP) is 2.23. The zero-order valence-electron chi connectivity index (χ0n) is 11.8. The molecule has 0 aliphatic heterocycles. The molecule has 0 amide bonds. The van der Waals surface area contributed by atoms with Crippen LogP contribution in [0.15, 0.2) is 23.3 Å². The van der Waals surface area contributed by atoms with E-state index in [4.69, 9.17) is 5.73 Å². The van der Waals surface area contributed by atoms with Crippen molar-refractivity contribution in [2.24, 2.45) is 10.7 Å². The van der Waals surface area contributed by atoms with Gasteiger partial charge in [-0.05, 0) is 12.5 Å². The third kappa shape index (κ3) is 7.38. The van der Waals surface area contributed by atoms with Crippen LogP contribution in [-0.2, 0) is 6.54 Å². The van der Waals surface area contributed by atoms with Crippen molar-refractivity contribution in [2.45, 2.75) is 32.5 Å². The molecule has 0 aliphatic carbocycles. The first-order chi connectivity index (χ1) is 9.92. The predicted molar refractivity (Wildman–Crippen MR) is 74.0 cm³/mol. The molecule has 0 aromatic carbocycles. The first-order valence-corrected chi connectivity index (χ1v) is 6.59. The molecule has 3 N–H and O–H groups in total. The highest BCUT2D eigenvalue weighted by Gasteiger charge is 2.29. The van der Waals surface area contributed by atoms with Gasteiger partial charge < -0.3 is 15.8 Å². The fraction of sp³-hybridized carbons (Fsp3) is 0.538. The van der Waals surface area contributed by atoms with E-state index in [-0.39, 0.29) is 18.4 Å². The second kappa shape index (κ2) is 8.33. The number of hydrogen-bond donors (Lipinski definition) is 2. The number of guanidine groups is 1. The molecule has 0 unspecified atom stereocenters. The van der Waals surface area contributed by atoms with Gasteiger partial charge in [0, 0.05) is 18.3 Å². The summed E-state index contributed by atoms with van der Waals surface area (Å²) < 4.78 is 41.1. The summed E-state index contributed by atoms with van der Waals surface area (Å²) in [7, 11) is 0. The number of aromatic nitrogens is 1. The molecule has 1 aromatic heterocycles. The van der Waals surface area contributed by atoms with E-state index in [1.165, 1.54) is 6.20 Å². The Hall–Kier alpha value is -1.99. The van der Waals surface area contributed by atoms with Crippen molar-refractivity contribution in [1.82, 2.24) is 10.3 Å². The monoisotopic (exact) mass is 304 g/mol. The molecule has 5 nitrogen and oxygen atoms in total. The molecule has 0 radical (unpaired) electrons. The summed E-state index contributed by atoms with van der Waals surface area (Å²) in [4.78, 5) is 7.84. The quantitative estimate of drug-likeness (QED) is 0.460. The van der Waals surface area contributed by atoms with Crippen molar-refractivity contribution in [3.63, 3.8) is 0 Å². The number of halogens is 3. The second-order valence-electron chi connectivity index (χ2n) is 4.35. The fourth-order valence-corrected chi connectivity index (χ4v) is 1.44. The van der Waals surface area contributed by atoms with Crippen LogP contribution in [0.2, 0.25) is 0 Å². The molecule has 0 saturated heterocycles. The van der Waals surface area contributed by atoms with Crippen molar-refractivity contribution in [3.8, 4) is 5.88 Å². The van der Waals surface area contributed by atoms with Crippen molar-refractivity contribution in [2.75, 3.05) is 13.2 Å². The SMILES string of the molecule is CCCCNC(N)=NCc1cccnc1OCC(F)(F)F. The maximum atomic E-state index is 12.1. The number of ether oxygens (including phenoxy) is 1. The highest BCUT2D eigenvalue weighted by atomic mass is 19.4. The summed E-state index contributed by atoms with van der Waals surface area (Å²) in [5.74, 6) is 0.161. The lowest BCUT2D eigenvalue weighted by Crippen LogP contribution is -2.32. The van der Waals surface area contributed by atoms with E-state index in [9.17, 15) is 13.2 Å². The number of nitrogens with two attached hydrogens (primary N) is 1. The summed E-state index contributed by atoms with van der Waals surface area (Å²) >= 11 is 0. The number of unbranched alkanes of at least 4 members (excludes halogenated alkanes) is 1. The maximum absolute atomic E-state index is 12.1. The van der Waals surface area contributed by atoms with E-state index in [1.54, 1.807) is 12.1 Å². The zero-order valence-corrected chi connectivity index (χ0v) is 11.8. The molecule has 0 saturated carbocycles. The molecular weight excluding hydrogens is 285 g/mol. The van der Waals surface area contributed by atoms with Crippen LogP contribution in [-0.4, -0.2) is 30.3 Å². The van der Waals surface area contributed by atoms with Gasteiger partial charge in [-0.1, -0.05) is 19.4 Å². The van der Waals surface area contributed by atoms with Crippen LogP contribution in [0.1, 0.15) is 25.3 Å². The number of alkyl halides is 3. The summed E-state index contributed by atoms with van der Waals surface area (Å²) in [6, 6.07) is 3.20. The third-order valence-corrected chi connectivity index (χ3v) is 2.48. The van der Waals surface area contributed by atoms with Gasteiger partial charge in [0.1, 0.15) is 0 Å². The molecule has 0 spiro atoms. The van der Waals surface area contributed by atoms with Crippen molar-refractivity contribution < 1.29 is 17.9 Å². The first-order valence-electron chi connectivity index (χ1n) is 6.59. The van der Waals surface area contributed by atoms with E-state index < -0.39 is 12.8 Å². The number of rotatable bonds is 7. The Labute approximate surface area is 121 Å². The Morgan fingerprint density at radius 3 is 2.90 bits per heavy atom. The Kier molecular flexibility index (Phi) is 6.77. The minimum atomic E-state index is -4.40. The minimum Gasteiger partial charge on any atom is -0.468 e. The summed E-state index contributed by atoms with van der Waals surface area (Å²) in [5.41, 5.74) is 6.10. The van der Waals surface area contributed by atoms with Crippen molar-refractivity contribution >= 4 is 5.96 Å². The lowest BCUT2D eigenvalue weighted by Gasteiger charge is -2.11. The van der Waals surface area contributed by atoms with Gasteiger partial charge in [-0.15, -0.1) is 0 Å². The molecule has 118 valence electrons. The molecular formula is C13H19F3N4O. The summed E-state index contributed by atoms with van der Waals surface area (Å²) in [5, 5.41) is 2.92. The first kappa shape index (κ1) is 17.1. The molecule has 0 atom stereocenters. The Morgan fingerprint density at radius 2 is 2.24 bits per heavy atom. The van der Waals surface area contributed by atoms with Crippen LogP contribution < -0.4 is 15.8 Å². The average Bonchev–Trinajstić information content (AvgIpc) is 2.43. The van der Waals surface area contributed by atoms with Crippen LogP contribution in [0.4, 0.5) is 13.2 Å². The minimum absolute atomic E-state index is 0.0834. The normalized spacial score (nSPS) is 12.3. The third-order valence-electron chi connectivity index (χ3n) is 2.48. The van der Waals surface area contributed by atoms with E-state index in [0.29, 0.717) is 12.1 Å². The van der Waals surface area contributed by atoms with Crippen LogP contribution in [0, 0.1) is 0 Å². The Morgan fingerprint density at radius 1 is 1.48 bits per heavy atom. The Bertz CT molecular complexity index is 463. The number of aliphatic imine (C=N–C) groups is 1. The lowest BCUT2D eigenvalue weighted by molar-refractivity contribution is -0.154. The average molecular weight is 304 g/mol. The number of pyridine rings is 1. The highest BCUT2D eigenvalue weighted by molar-refractivity contribution is 5.77. The standard InChI is InChI=1S/C13H19F3N4O/c1-2-3-6-19-12(17)20-8-10-5-4-7-18-11(10)21-9-13(14,15)16/h4-5,7H,2-3,6,8-9H2,1H3,(H3,17,19,20). The van der Waals surface area contributed by atoms with Gasteiger partial charge >= 0.3 is 6.18 Å². The second-order valence-corrected chi connectivity index (χ2v) is 4.35. The van der Waals surface area contributed by atoms with Crippen LogP contribution in [0.3, 0.4) is 0 Å². The molecule has 1 aromatic rings. The van der Waals surface area contributed by atoms with Gasteiger partial charge in [-0.25, -0.2) is 9.98 Å². The highest BCUT2D eigenvalue weighted by Crippen LogP contribution is 2.20. The number of nitrogens with zero attached hydrogens (tertiary/aromatic N) is 2. The summed E-state index contributed by atoms with van der Waals surface area (Å²) in [6.45, 7) is 1.47. The van der Waals surface area contributed by atoms with Crippen LogP contribution in [0.5, 0.6) is 5.88 Å². The van der Waals surface area contributed by atoms with Gasteiger partial charge in [0.25, 0.3) is 0 Å². The fourth-order valence-electron chi connectivity index (χ4n) is 1.44. The van der Waals surface area contributed by atoms with Gasteiger partial charge in [-0.2, -0.15) is 13.2 Å². The molecule has 0 fully saturated rings. The van der Waals surface area contributed by atoms with Gasteiger partial charge in [-0.3, -0.25) is 0 Å². The zero-order chi connectivity index (χ0) is 15.7. The smallest absolute Gasteiger partial charge is 0.422 e. The molecule has 1 heterocycles. The molecule has 1 rings (SSSR count). The van der Waals surface area contributed by atoms with E-state index >= 15 is 0 Å². The number of nitrogens with one attached hydrogen (secondary N) is 1. The van der Waals surface area contributed by atoms with Crippen LogP contribution >= 0.6 is 0 Å². The van der Waals surface area contributed by atoms with Gasteiger partial charge in [0.05, 0.1) is 6.54 Å². The largest absolute Gasteiger partial charge is 0.468 e. The van der Waals surface area contributed by atoms with Gasteiger partial charge in [0.2, 0.25) is 5.88 Å². The molecule has 0 bridgehead atoms. The van der Waals surface area contributed by atoms with Crippen molar-refractivity contribution in [3.05, 3.63) is 23.9 Å². The Balaban J connectivity index is 2.60. The summed E-state index contributed by atoms with van der Waals surface area (Å²) in [6.07, 6.45) is -1.05. The topological polar surface area (TPSA) is 72.5 Å². The van der Waals surface area contributed by atoms with E-state index in [2.05, 4.69) is 27.0 Å². The van der Waals surface area contributed by atoms with Crippen molar-refractivity contribution in [1.29, 1.82) is 0 Å². The van der Waals surface area contributed by atoms with Gasteiger partial charge in [0.15, 0.2) is 12.6 Å². The lowest BCUT2D eigenvalue weighted by atomic mass is 10.3. The number of hydrogen-bond acceptors (Lipinski definition) is 3. The van der Waals surface area contributed by atoms with E-state index in [1.807, 2.05) is 0 Å². The molecule has 0 aliphatic rings. The molecule has 8 heteroatoms. The molecule has 21 heavy (non-hydrogen) atoms. The maximum Gasteiger partial charge on any atom is 0.422 e.